The van der Waals surface area contributed by atoms with E-state index in [1.54, 1.807) is 0 Å². The molecule has 1 amide bonds. The highest BCUT2D eigenvalue weighted by Crippen LogP contribution is 2.25. The molecule has 0 aliphatic heterocycles. The van der Waals surface area contributed by atoms with E-state index < -0.39 is 39.3 Å². The van der Waals surface area contributed by atoms with Gasteiger partial charge < -0.3 is 5.32 Å². The zero-order chi connectivity index (χ0) is 16.2. The number of nitrogens with one attached hydrogen (secondary N) is 1. The van der Waals surface area contributed by atoms with Crippen molar-refractivity contribution >= 4 is 27.5 Å². The van der Waals surface area contributed by atoms with Crippen LogP contribution in [0.25, 0.3) is 0 Å². The SMILES string of the molecule is CCC(CC)(CBr)NC(=O)c1c(F)ccc([N+](=O)[O-])c1F. The quantitative estimate of drug-likeness (QED) is 0.476. The van der Waals surface area contributed by atoms with Crippen molar-refractivity contribution in [3.8, 4) is 0 Å². The van der Waals surface area contributed by atoms with Gasteiger partial charge in [0.15, 0.2) is 0 Å². The first-order valence-electron chi connectivity index (χ1n) is 6.32. The van der Waals surface area contributed by atoms with Gasteiger partial charge in [0, 0.05) is 16.9 Å². The summed E-state index contributed by atoms with van der Waals surface area (Å²) in [6.45, 7) is 3.65. The van der Waals surface area contributed by atoms with Crippen molar-refractivity contribution in [2.75, 3.05) is 5.33 Å². The zero-order valence-corrected chi connectivity index (χ0v) is 13.2. The molecule has 0 spiro atoms. The Morgan fingerprint density at radius 2 is 1.95 bits per heavy atom. The summed E-state index contributed by atoms with van der Waals surface area (Å²) in [6.07, 6.45) is 1.08. The largest absolute Gasteiger partial charge is 0.346 e. The lowest BCUT2D eigenvalue weighted by molar-refractivity contribution is -0.387. The fourth-order valence-electron chi connectivity index (χ4n) is 1.84. The molecule has 0 saturated carbocycles. The molecule has 1 aromatic rings. The number of rotatable bonds is 6. The number of carbonyl (C=O) groups is 1. The summed E-state index contributed by atoms with van der Waals surface area (Å²) in [5.74, 6) is -3.60. The molecule has 0 aliphatic rings. The summed E-state index contributed by atoms with van der Waals surface area (Å²) in [5, 5.41) is 13.6. The third-order valence-electron chi connectivity index (χ3n) is 3.48. The second kappa shape index (κ2) is 6.93. The van der Waals surface area contributed by atoms with E-state index in [1.165, 1.54) is 0 Å². The standard InChI is InChI=1S/C13H15BrF2N2O3/c1-3-13(4-2,7-14)17-12(19)10-8(15)5-6-9(11(10)16)18(20)21/h5-6H,3-4,7H2,1-2H3,(H,17,19). The average Bonchev–Trinajstić information content (AvgIpc) is 2.44. The summed E-state index contributed by atoms with van der Waals surface area (Å²) >= 11 is 3.26. The number of nitro groups is 1. The number of nitrogens with zero attached hydrogens (tertiary/aromatic N) is 1. The van der Waals surface area contributed by atoms with Crippen LogP contribution in [-0.4, -0.2) is 21.7 Å². The van der Waals surface area contributed by atoms with Crippen LogP contribution in [-0.2, 0) is 0 Å². The Balaban J connectivity index is 3.25. The number of nitro benzene ring substituents is 1. The van der Waals surface area contributed by atoms with Gasteiger partial charge in [-0.1, -0.05) is 29.8 Å². The Bertz CT molecular complexity index is 554. The van der Waals surface area contributed by atoms with Gasteiger partial charge in [-0.15, -0.1) is 0 Å². The van der Waals surface area contributed by atoms with Gasteiger partial charge in [0.1, 0.15) is 11.4 Å². The smallest absolute Gasteiger partial charge is 0.305 e. The average molecular weight is 365 g/mol. The molecule has 1 rings (SSSR count). The van der Waals surface area contributed by atoms with Crippen LogP contribution in [0.1, 0.15) is 37.0 Å². The fourth-order valence-corrected chi connectivity index (χ4v) is 2.78. The topological polar surface area (TPSA) is 72.2 Å². The predicted octanol–water partition coefficient (Wildman–Crippen LogP) is 3.56. The van der Waals surface area contributed by atoms with Crippen molar-refractivity contribution in [2.24, 2.45) is 0 Å². The van der Waals surface area contributed by atoms with Gasteiger partial charge in [-0.3, -0.25) is 14.9 Å². The molecule has 21 heavy (non-hydrogen) atoms. The van der Waals surface area contributed by atoms with Crippen molar-refractivity contribution in [1.82, 2.24) is 5.32 Å². The molecule has 0 aromatic heterocycles. The number of alkyl halides is 1. The molecule has 0 radical (unpaired) electrons. The van der Waals surface area contributed by atoms with E-state index in [-0.39, 0.29) is 0 Å². The minimum atomic E-state index is -1.46. The Morgan fingerprint density at radius 1 is 1.38 bits per heavy atom. The molecule has 0 heterocycles. The third kappa shape index (κ3) is 3.55. The molecule has 8 heteroatoms. The maximum Gasteiger partial charge on any atom is 0.305 e. The van der Waals surface area contributed by atoms with Crippen LogP contribution in [0, 0.1) is 21.7 Å². The summed E-state index contributed by atoms with van der Waals surface area (Å²) in [7, 11) is 0. The Hall–Kier alpha value is -1.57. The normalized spacial score (nSPS) is 11.3. The van der Waals surface area contributed by atoms with Crippen LogP contribution in [0.4, 0.5) is 14.5 Å². The molecular weight excluding hydrogens is 350 g/mol. The molecule has 116 valence electrons. The van der Waals surface area contributed by atoms with Gasteiger partial charge in [0.2, 0.25) is 5.82 Å². The van der Waals surface area contributed by atoms with Gasteiger partial charge in [-0.05, 0) is 18.9 Å². The minimum absolute atomic E-state index is 0.400. The molecule has 1 aromatic carbocycles. The first-order valence-corrected chi connectivity index (χ1v) is 7.45. The second-order valence-electron chi connectivity index (χ2n) is 4.59. The fraction of sp³-hybridized carbons (Fsp3) is 0.462. The molecule has 0 saturated heterocycles. The van der Waals surface area contributed by atoms with Crippen LogP contribution >= 0.6 is 15.9 Å². The number of hydrogen-bond donors (Lipinski definition) is 1. The molecule has 5 nitrogen and oxygen atoms in total. The molecule has 1 N–H and O–H groups in total. The van der Waals surface area contributed by atoms with Crippen molar-refractivity contribution in [3.63, 3.8) is 0 Å². The molecule has 0 atom stereocenters. The number of halogens is 3. The maximum atomic E-state index is 14.0. The number of amides is 1. The Labute approximate surface area is 129 Å². The second-order valence-corrected chi connectivity index (χ2v) is 5.15. The van der Waals surface area contributed by atoms with Gasteiger partial charge in [0.05, 0.1) is 4.92 Å². The van der Waals surface area contributed by atoms with E-state index in [0.717, 1.165) is 0 Å². The predicted molar refractivity (Wildman–Crippen MR) is 77.6 cm³/mol. The lowest BCUT2D eigenvalue weighted by Gasteiger charge is -2.31. The lowest BCUT2D eigenvalue weighted by Crippen LogP contribution is -2.49. The molecule has 0 fully saturated rings. The maximum absolute atomic E-state index is 14.0. The van der Waals surface area contributed by atoms with Crippen molar-refractivity contribution in [2.45, 2.75) is 32.2 Å². The van der Waals surface area contributed by atoms with Crippen molar-refractivity contribution in [3.05, 3.63) is 39.4 Å². The highest BCUT2D eigenvalue weighted by molar-refractivity contribution is 9.09. The Morgan fingerprint density at radius 3 is 2.38 bits per heavy atom. The van der Waals surface area contributed by atoms with Gasteiger partial charge in [-0.2, -0.15) is 4.39 Å². The Kier molecular flexibility index (Phi) is 5.77. The van der Waals surface area contributed by atoms with Crippen LogP contribution in [0.15, 0.2) is 12.1 Å². The van der Waals surface area contributed by atoms with E-state index >= 15 is 0 Å². The minimum Gasteiger partial charge on any atom is -0.346 e. The van der Waals surface area contributed by atoms with E-state index in [4.69, 9.17) is 0 Å². The van der Waals surface area contributed by atoms with Gasteiger partial charge in [0.25, 0.3) is 5.91 Å². The molecule has 0 bridgehead atoms. The van der Waals surface area contributed by atoms with Crippen molar-refractivity contribution in [1.29, 1.82) is 0 Å². The monoisotopic (exact) mass is 364 g/mol. The first-order chi connectivity index (χ1) is 9.81. The highest BCUT2D eigenvalue weighted by atomic mass is 79.9. The van der Waals surface area contributed by atoms with E-state index in [1.807, 2.05) is 13.8 Å². The summed E-state index contributed by atoms with van der Waals surface area (Å²) in [6, 6.07) is 1.41. The van der Waals surface area contributed by atoms with Crippen LogP contribution in [0.2, 0.25) is 0 Å². The highest BCUT2D eigenvalue weighted by Gasteiger charge is 2.32. The molecular formula is C13H15BrF2N2O3. The number of hydrogen-bond acceptors (Lipinski definition) is 3. The van der Waals surface area contributed by atoms with E-state index in [0.29, 0.717) is 30.3 Å². The molecule has 0 aliphatic carbocycles. The van der Waals surface area contributed by atoms with Crippen LogP contribution in [0.5, 0.6) is 0 Å². The lowest BCUT2D eigenvalue weighted by atomic mass is 9.95. The number of carbonyl (C=O) groups excluding carboxylic acids is 1. The molecule has 0 unspecified atom stereocenters. The summed E-state index contributed by atoms with van der Waals surface area (Å²) in [5.41, 5.74) is -2.53. The third-order valence-corrected chi connectivity index (χ3v) is 4.56. The summed E-state index contributed by atoms with van der Waals surface area (Å²) < 4.78 is 27.7. The first kappa shape index (κ1) is 17.5. The van der Waals surface area contributed by atoms with E-state index in [2.05, 4.69) is 21.2 Å². The zero-order valence-electron chi connectivity index (χ0n) is 11.6. The van der Waals surface area contributed by atoms with Gasteiger partial charge in [-0.25, -0.2) is 4.39 Å². The van der Waals surface area contributed by atoms with E-state index in [9.17, 15) is 23.7 Å². The number of benzene rings is 1. The van der Waals surface area contributed by atoms with Crippen LogP contribution < -0.4 is 5.32 Å². The van der Waals surface area contributed by atoms with Crippen LogP contribution in [0.3, 0.4) is 0 Å². The van der Waals surface area contributed by atoms with Crippen molar-refractivity contribution < 1.29 is 18.5 Å². The summed E-state index contributed by atoms with van der Waals surface area (Å²) in [4.78, 5) is 21.8. The van der Waals surface area contributed by atoms with Gasteiger partial charge >= 0.3 is 5.69 Å².